The van der Waals surface area contributed by atoms with E-state index in [2.05, 4.69) is 41.9 Å². The second kappa shape index (κ2) is 5.98. The van der Waals surface area contributed by atoms with E-state index in [0.29, 0.717) is 0 Å². The highest BCUT2D eigenvalue weighted by Crippen LogP contribution is 2.35. The lowest BCUT2D eigenvalue weighted by Crippen LogP contribution is -1.96. The molecule has 0 amide bonds. The Morgan fingerprint density at radius 2 is 1.70 bits per heavy atom. The number of aliphatic hydroxyl groups excluding tert-OH is 1. The SMILES string of the molecule is Cc1ccc(C)c(Oc2ccc([C@@H](C)O)cc2Br)c1C. The smallest absolute Gasteiger partial charge is 0.141 e. The highest BCUT2D eigenvalue weighted by Gasteiger charge is 2.11. The van der Waals surface area contributed by atoms with Gasteiger partial charge in [0.2, 0.25) is 0 Å². The van der Waals surface area contributed by atoms with E-state index < -0.39 is 6.10 Å². The normalized spacial score (nSPS) is 12.3. The molecule has 2 rings (SSSR count). The van der Waals surface area contributed by atoms with Crippen molar-refractivity contribution in [2.45, 2.75) is 33.8 Å². The van der Waals surface area contributed by atoms with Gasteiger partial charge >= 0.3 is 0 Å². The van der Waals surface area contributed by atoms with E-state index >= 15 is 0 Å². The summed E-state index contributed by atoms with van der Waals surface area (Å²) in [7, 11) is 0. The first-order valence-corrected chi connectivity index (χ1v) is 7.41. The minimum Gasteiger partial charge on any atom is -0.456 e. The van der Waals surface area contributed by atoms with Crippen LogP contribution in [-0.2, 0) is 0 Å². The molecule has 2 aromatic carbocycles. The molecule has 0 aliphatic carbocycles. The molecule has 106 valence electrons. The largest absolute Gasteiger partial charge is 0.456 e. The second-order valence-electron chi connectivity index (χ2n) is 5.12. The summed E-state index contributed by atoms with van der Waals surface area (Å²) in [5.41, 5.74) is 4.33. The van der Waals surface area contributed by atoms with Crippen molar-refractivity contribution < 1.29 is 9.84 Å². The van der Waals surface area contributed by atoms with Gasteiger partial charge in [-0.05, 0) is 78.0 Å². The Kier molecular flexibility index (Phi) is 4.51. The van der Waals surface area contributed by atoms with Gasteiger partial charge in [-0.15, -0.1) is 0 Å². The number of hydrogen-bond donors (Lipinski definition) is 1. The van der Waals surface area contributed by atoms with Crippen molar-refractivity contribution in [1.29, 1.82) is 0 Å². The summed E-state index contributed by atoms with van der Waals surface area (Å²) in [6, 6.07) is 9.82. The summed E-state index contributed by atoms with van der Waals surface area (Å²) < 4.78 is 6.90. The van der Waals surface area contributed by atoms with Gasteiger partial charge in [-0.3, -0.25) is 0 Å². The van der Waals surface area contributed by atoms with Gasteiger partial charge in [-0.25, -0.2) is 0 Å². The number of benzene rings is 2. The van der Waals surface area contributed by atoms with E-state index in [4.69, 9.17) is 4.74 Å². The maximum Gasteiger partial charge on any atom is 0.141 e. The maximum atomic E-state index is 9.59. The maximum absolute atomic E-state index is 9.59. The lowest BCUT2D eigenvalue weighted by molar-refractivity contribution is 0.199. The van der Waals surface area contributed by atoms with E-state index in [9.17, 15) is 5.11 Å². The molecule has 0 spiro atoms. The number of rotatable bonds is 3. The molecule has 2 aromatic rings. The third-order valence-corrected chi connectivity index (χ3v) is 4.14. The fraction of sp³-hybridized carbons (Fsp3) is 0.294. The summed E-state index contributed by atoms with van der Waals surface area (Å²) in [6.07, 6.45) is -0.484. The average Bonchev–Trinajstić information content (AvgIpc) is 2.40. The number of aryl methyl sites for hydroxylation is 2. The molecule has 0 aliphatic heterocycles. The summed E-state index contributed by atoms with van der Waals surface area (Å²) in [5, 5.41) is 9.59. The van der Waals surface area contributed by atoms with Crippen LogP contribution in [0.1, 0.15) is 35.3 Å². The molecule has 0 aliphatic rings. The lowest BCUT2D eigenvalue weighted by Gasteiger charge is -2.15. The first kappa shape index (κ1) is 15.1. The van der Waals surface area contributed by atoms with Crippen LogP contribution in [0, 0.1) is 20.8 Å². The van der Waals surface area contributed by atoms with Crippen molar-refractivity contribution >= 4 is 15.9 Å². The Hall–Kier alpha value is -1.32. The third kappa shape index (κ3) is 3.05. The Morgan fingerprint density at radius 1 is 1.05 bits per heavy atom. The highest BCUT2D eigenvalue weighted by molar-refractivity contribution is 9.10. The Balaban J connectivity index is 2.38. The summed E-state index contributed by atoms with van der Waals surface area (Å²) in [5.74, 6) is 1.65. The van der Waals surface area contributed by atoms with Gasteiger partial charge in [0, 0.05) is 0 Å². The molecular formula is C17H19BrO2. The summed E-state index contributed by atoms with van der Waals surface area (Å²) >= 11 is 3.50. The fourth-order valence-corrected chi connectivity index (χ4v) is 2.53. The first-order valence-electron chi connectivity index (χ1n) is 6.62. The molecule has 2 nitrogen and oxygen atoms in total. The fourth-order valence-electron chi connectivity index (χ4n) is 2.05. The van der Waals surface area contributed by atoms with Crippen LogP contribution in [0.4, 0.5) is 0 Å². The summed E-state index contributed by atoms with van der Waals surface area (Å²) in [6.45, 7) is 7.93. The van der Waals surface area contributed by atoms with E-state index in [1.807, 2.05) is 25.1 Å². The van der Waals surface area contributed by atoms with Gasteiger partial charge in [-0.1, -0.05) is 18.2 Å². The van der Waals surface area contributed by atoms with Gasteiger partial charge in [0.1, 0.15) is 11.5 Å². The highest BCUT2D eigenvalue weighted by atomic mass is 79.9. The Morgan fingerprint density at radius 3 is 2.30 bits per heavy atom. The van der Waals surface area contributed by atoms with Crippen molar-refractivity contribution in [2.75, 3.05) is 0 Å². The molecule has 0 heterocycles. The molecule has 0 unspecified atom stereocenters. The van der Waals surface area contributed by atoms with Gasteiger partial charge in [0.25, 0.3) is 0 Å². The van der Waals surface area contributed by atoms with Crippen LogP contribution in [0.5, 0.6) is 11.5 Å². The van der Waals surface area contributed by atoms with Crippen molar-refractivity contribution in [3.8, 4) is 11.5 Å². The van der Waals surface area contributed by atoms with Crippen molar-refractivity contribution in [3.63, 3.8) is 0 Å². The minimum atomic E-state index is -0.484. The van der Waals surface area contributed by atoms with E-state index in [-0.39, 0.29) is 0 Å². The van der Waals surface area contributed by atoms with Crippen LogP contribution in [-0.4, -0.2) is 5.11 Å². The standard InChI is InChI=1S/C17H19BrO2/c1-10-5-6-11(2)17(12(10)3)20-16-8-7-14(13(4)19)9-15(16)18/h5-9,13,19H,1-4H3/t13-/m1/s1. The lowest BCUT2D eigenvalue weighted by atomic mass is 10.1. The molecule has 0 fully saturated rings. The van der Waals surface area contributed by atoms with Crippen LogP contribution < -0.4 is 4.74 Å². The molecule has 0 saturated heterocycles. The van der Waals surface area contributed by atoms with Gasteiger partial charge in [0.15, 0.2) is 0 Å². The second-order valence-corrected chi connectivity index (χ2v) is 5.98. The van der Waals surface area contributed by atoms with Crippen LogP contribution in [0.2, 0.25) is 0 Å². The Bertz CT molecular complexity index is 633. The first-order chi connectivity index (χ1) is 9.40. The predicted octanol–water partition coefficient (Wildman–Crippen LogP) is 5.22. The van der Waals surface area contributed by atoms with Crippen LogP contribution >= 0.6 is 15.9 Å². The van der Waals surface area contributed by atoms with E-state index in [0.717, 1.165) is 32.7 Å². The zero-order valence-corrected chi connectivity index (χ0v) is 13.8. The van der Waals surface area contributed by atoms with Crippen molar-refractivity contribution in [3.05, 3.63) is 57.1 Å². The number of halogens is 1. The minimum absolute atomic E-state index is 0.484. The van der Waals surface area contributed by atoms with E-state index in [1.165, 1.54) is 5.56 Å². The number of hydrogen-bond acceptors (Lipinski definition) is 2. The monoisotopic (exact) mass is 334 g/mol. The topological polar surface area (TPSA) is 29.5 Å². The molecular weight excluding hydrogens is 316 g/mol. The van der Waals surface area contributed by atoms with Gasteiger partial charge in [-0.2, -0.15) is 0 Å². The zero-order chi connectivity index (χ0) is 14.9. The zero-order valence-electron chi connectivity index (χ0n) is 12.2. The average molecular weight is 335 g/mol. The van der Waals surface area contributed by atoms with Crippen LogP contribution in [0.3, 0.4) is 0 Å². The van der Waals surface area contributed by atoms with Gasteiger partial charge in [0.05, 0.1) is 10.6 Å². The number of ether oxygens (including phenoxy) is 1. The van der Waals surface area contributed by atoms with Crippen molar-refractivity contribution in [2.24, 2.45) is 0 Å². The van der Waals surface area contributed by atoms with Crippen molar-refractivity contribution in [1.82, 2.24) is 0 Å². The molecule has 1 atom stereocenters. The number of aliphatic hydroxyl groups is 1. The van der Waals surface area contributed by atoms with Crippen LogP contribution in [0.25, 0.3) is 0 Å². The van der Waals surface area contributed by atoms with Crippen LogP contribution in [0.15, 0.2) is 34.8 Å². The summed E-state index contributed by atoms with van der Waals surface area (Å²) in [4.78, 5) is 0. The Labute approximate surface area is 128 Å². The molecule has 0 aromatic heterocycles. The molecule has 0 saturated carbocycles. The molecule has 1 N–H and O–H groups in total. The molecule has 0 radical (unpaired) electrons. The molecule has 20 heavy (non-hydrogen) atoms. The molecule has 3 heteroatoms. The van der Waals surface area contributed by atoms with Gasteiger partial charge < -0.3 is 9.84 Å². The third-order valence-electron chi connectivity index (χ3n) is 3.52. The quantitative estimate of drug-likeness (QED) is 0.833. The molecule has 0 bridgehead atoms. The predicted molar refractivity (Wildman–Crippen MR) is 85.5 cm³/mol. The van der Waals surface area contributed by atoms with E-state index in [1.54, 1.807) is 6.92 Å².